The Morgan fingerprint density at radius 1 is 0.719 bits per heavy atom. The molecule has 4 aromatic carbocycles. The van der Waals surface area contributed by atoms with Crippen LogP contribution in [0.1, 0.15) is 15.9 Å². The van der Waals surface area contributed by atoms with Crippen LogP contribution in [-0.4, -0.2) is 13.1 Å². The molecule has 0 saturated carbocycles. The Labute approximate surface area is 186 Å². The molecule has 32 heavy (non-hydrogen) atoms. The Hall–Kier alpha value is -3.36. The van der Waals surface area contributed by atoms with E-state index in [1.807, 2.05) is 54.6 Å². The summed E-state index contributed by atoms with van der Waals surface area (Å²) in [5.74, 6) is -2.75. The lowest BCUT2D eigenvalue weighted by Gasteiger charge is -2.28. The van der Waals surface area contributed by atoms with Gasteiger partial charge in [0.15, 0.2) is 11.6 Å². The van der Waals surface area contributed by atoms with Gasteiger partial charge in [-0.15, -0.1) is 0 Å². The molecule has 160 valence electrons. The highest BCUT2D eigenvalue weighted by molar-refractivity contribution is 7.95. The average Bonchev–Trinajstić information content (AvgIpc) is 2.85. The maximum absolute atomic E-state index is 14.4. The summed E-state index contributed by atoms with van der Waals surface area (Å²) in [6, 6.07) is 32.1. The summed E-state index contributed by atoms with van der Waals surface area (Å²) in [5, 5.41) is 3.24. The van der Waals surface area contributed by atoms with E-state index in [0.717, 1.165) is 28.0 Å². The lowest BCUT2D eigenvalue weighted by Crippen LogP contribution is -2.33. The van der Waals surface area contributed by atoms with Gasteiger partial charge in [0, 0.05) is 5.56 Å². The van der Waals surface area contributed by atoms with E-state index in [1.54, 1.807) is 0 Å². The van der Waals surface area contributed by atoms with Crippen molar-refractivity contribution in [3.8, 4) is 0 Å². The quantitative estimate of drug-likeness (QED) is 0.298. The molecular weight excluding hydrogens is 425 g/mol. The van der Waals surface area contributed by atoms with Crippen molar-refractivity contribution in [2.45, 2.75) is 6.16 Å². The van der Waals surface area contributed by atoms with E-state index in [0.29, 0.717) is 11.7 Å². The third kappa shape index (κ3) is 4.06. The molecule has 0 amide bonds. The first kappa shape index (κ1) is 21.9. The van der Waals surface area contributed by atoms with Crippen molar-refractivity contribution in [3.05, 3.63) is 126 Å². The summed E-state index contributed by atoms with van der Waals surface area (Å²) < 4.78 is 33.4. The van der Waals surface area contributed by atoms with Gasteiger partial charge in [0.1, 0.15) is 23.2 Å². The summed E-state index contributed by atoms with van der Waals surface area (Å²) in [6.45, 7) is 0. The molecule has 0 aliphatic rings. The molecule has 0 radical (unpaired) electrons. The van der Waals surface area contributed by atoms with Crippen LogP contribution in [0.5, 0.6) is 0 Å². The SMILES string of the molecule is COC(=O)c1cc(F)c(F)cc1C[P+](c1ccccc1)(c1ccccc1)c1ccccc1. The van der Waals surface area contributed by atoms with Crippen molar-refractivity contribution in [3.63, 3.8) is 0 Å². The monoisotopic (exact) mass is 447 g/mol. The fourth-order valence-electron chi connectivity index (χ4n) is 4.04. The van der Waals surface area contributed by atoms with Crippen LogP contribution in [0.4, 0.5) is 8.78 Å². The highest BCUT2D eigenvalue weighted by atomic mass is 31.2. The number of hydrogen-bond acceptors (Lipinski definition) is 2. The van der Waals surface area contributed by atoms with Crippen LogP contribution in [0.3, 0.4) is 0 Å². The molecule has 0 atom stereocenters. The minimum atomic E-state index is -2.38. The van der Waals surface area contributed by atoms with Gasteiger partial charge in [-0.3, -0.25) is 0 Å². The molecule has 0 unspecified atom stereocenters. The number of carbonyl (C=O) groups excluding carboxylic acids is 1. The molecule has 2 nitrogen and oxygen atoms in total. The van der Waals surface area contributed by atoms with Gasteiger partial charge in [0.05, 0.1) is 18.8 Å². The number of methoxy groups -OCH3 is 1. The summed E-state index contributed by atoms with van der Waals surface area (Å²) in [7, 11) is -1.15. The third-order valence-electron chi connectivity index (χ3n) is 5.55. The topological polar surface area (TPSA) is 26.3 Å². The molecule has 4 rings (SSSR count). The van der Waals surface area contributed by atoms with Crippen molar-refractivity contribution >= 4 is 29.1 Å². The molecule has 4 aromatic rings. The van der Waals surface area contributed by atoms with Crippen molar-refractivity contribution < 1.29 is 18.3 Å². The summed E-state index contributed by atoms with van der Waals surface area (Å²) >= 11 is 0. The molecule has 0 saturated heterocycles. The first-order valence-corrected chi connectivity index (χ1v) is 12.1. The third-order valence-corrected chi connectivity index (χ3v) is 9.90. The molecular formula is C27H22F2O2P+. The van der Waals surface area contributed by atoms with Crippen LogP contribution < -0.4 is 15.9 Å². The fourth-order valence-corrected chi connectivity index (χ4v) is 8.30. The summed E-state index contributed by atoms with van der Waals surface area (Å²) in [4.78, 5) is 12.5. The maximum atomic E-state index is 14.4. The van der Waals surface area contributed by atoms with E-state index in [-0.39, 0.29) is 5.56 Å². The van der Waals surface area contributed by atoms with E-state index < -0.39 is 24.9 Å². The fraction of sp³-hybridized carbons (Fsp3) is 0.0741. The summed E-state index contributed by atoms with van der Waals surface area (Å²) in [5.41, 5.74) is 0.458. The van der Waals surface area contributed by atoms with Crippen LogP contribution in [0, 0.1) is 11.6 Å². The molecule has 0 fully saturated rings. The first-order valence-electron chi connectivity index (χ1n) is 10.2. The number of esters is 1. The molecule has 0 aliphatic heterocycles. The van der Waals surface area contributed by atoms with Gasteiger partial charge in [0.25, 0.3) is 0 Å². The lowest BCUT2D eigenvalue weighted by molar-refractivity contribution is 0.0599. The van der Waals surface area contributed by atoms with Crippen LogP contribution in [-0.2, 0) is 10.9 Å². The molecule has 0 heterocycles. The zero-order valence-electron chi connectivity index (χ0n) is 17.5. The minimum absolute atomic E-state index is 0.0403. The number of halogens is 2. The summed E-state index contributed by atoms with van der Waals surface area (Å²) in [6.07, 6.45) is 0.340. The second-order valence-electron chi connectivity index (χ2n) is 7.39. The van der Waals surface area contributed by atoms with E-state index in [2.05, 4.69) is 36.4 Å². The molecule has 0 N–H and O–H groups in total. The smallest absolute Gasteiger partial charge is 0.338 e. The van der Waals surface area contributed by atoms with E-state index in [1.165, 1.54) is 7.11 Å². The van der Waals surface area contributed by atoms with E-state index in [4.69, 9.17) is 4.74 Å². The number of hydrogen-bond donors (Lipinski definition) is 0. The Bertz CT molecular complexity index is 1120. The highest BCUT2D eigenvalue weighted by Gasteiger charge is 2.46. The van der Waals surface area contributed by atoms with Crippen molar-refractivity contribution in [1.82, 2.24) is 0 Å². The van der Waals surface area contributed by atoms with Gasteiger partial charge in [-0.25, -0.2) is 13.6 Å². The number of benzene rings is 4. The Balaban J connectivity index is 2.04. The standard InChI is InChI=1S/C27H22F2O2P/c1-31-27(30)24-18-26(29)25(28)17-20(24)19-32(21-11-5-2-6-12-21,22-13-7-3-8-14-22)23-15-9-4-10-16-23/h2-18H,19H2,1H3/q+1. The molecule has 0 bridgehead atoms. The zero-order valence-corrected chi connectivity index (χ0v) is 18.4. The van der Waals surface area contributed by atoms with E-state index >= 15 is 0 Å². The van der Waals surface area contributed by atoms with E-state index in [9.17, 15) is 13.6 Å². The lowest BCUT2D eigenvalue weighted by atomic mass is 10.1. The normalized spacial score (nSPS) is 11.2. The molecule has 0 aliphatic carbocycles. The van der Waals surface area contributed by atoms with Gasteiger partial charge >= 0.3 is 5.97 Å². The van der Waals surface area contributed by atoms with Gasteiger partial charge < -0.3 is 4.74 Å². The van der Waals surface area contributed by atoms with Gasteiger partial charge in [-0.1, -0.05) is 54.6 Å². The minimum Gasteiger partial charge on any atom is -0.465 e. The zero-order chi connectivity index (χ0) is 22.6. The maximum Gasteiger partial charge on any atom is 0.338 e. The van der Waals surface area contributed by atoms with Gasteiger partial charge in [-0.05, 0) is 48.5 Å². The van der Waals surface area contributed by atoms with Gasteiger partial charge in [-0.2, -0.15) is 0 Å². The Morgan fingerprint density at radius 2 is 1.12 bits per heavy atom. The Morgan fingerprint density at radius 3 is 1.53 bits per heavy atom. The van der Waals surface area contributed by atoms with Crippen LogP contribution in [0.15, 0.2) is 103 Å². The van der Waals surface area contributed by atoms with Crippen LogP contribution in [0.2, 0.25) is 0 Å². The predicted octanol–water partition coefficient (Wildman–Crippen LogP) is 5.25. The van der Waals surface area contributed by atoms with Crippen molar-refractivity contribution in [1.29, 1.82) is 0 Å². The second-order valence-corrected chi connectivity index (χ2v) is 10.9. The van der Waals surface area contributed by atoms with Gasteiger partial charge in [0.2, 0.25) is 0 Å². The average molecular weight is 447 g/mol. The van der Waals surface area contributed by atoms with Crippen molar-refractivity contribution in [2.24, 2.45) is 0 Å². The molecule has 0 spiro atoms. The highest BCUT2D eigenvalue weighted by Crippen LogP contribution is 2.58. The largest absolute Gasteiger partial charge is 0.465 e. The Kier molecular flexibility index (Phi) is 6.43. The number of ether oxygens (including phenoxy) is 1. The first-order chi connectivity index (χ1) is 15.6. The number of rotatable bonds is 6. The molecule has 5 heteroatoms. The van der Waals surface area contributed by atoms with Crippen LogP contribution in [0.25, 0.3) is 0 Å². The number of carbonyl (C=O) groups is 1. The second kappa shape index (κ2) is 9.42. The van der Waals surface area contributed by atoms with Crippen molar-refractivity contribution in [2.75, 3.05) is 7.11 Å². The molecule has 0 aromatic heterocycles. The van der Waals surface area contributed by atoms with Crippen LogP contribution >= 0.6 is 7.26 Å². The predicted molar refractivity (Wildman–Crippen MR) is 127 cm³/mol.